The third kappa shape index (κ3) is 3.24. The fraction of sp³-hybridized carbons (Fsp3) is 0.692. The summed E-state index contributed by atoms with van der Waals surface area (Å²) < 4.78 is 5.65. The average Bonchev–Trinajstić information content (AvgIpc) is 3.17. The third-order valence-corrected chi connectivity index (χ3v) is 2.93. The molecule has 1 aromatic heterocycles. The largest absolute Gasteiger partial charge is 0.476 e. The molecule has 5 nitrogen and oxygen atoms in total. The predicted octanol–water partition coefficient (Wildman–Crippen LogP) is 2.37. The average molecular weight is 250 g/mol. The lowest BCUT2D eigenvalue weighted by Crippen LogP contribution is -2.12. The van der Waals surface area contributed by atoms with Gasteiger partial charge in [0.05, 0.1) is 6.61 Å². The van der Waals surface area contributed by atoms with Crippen LogP contribution >= 0.6 is 0 Å². The highest BCUT2D eigenvalue weighted by Gasteiger charge is 2.24. The van der Waals surface area contributed by atoms with Crippen LogP contribution in [0.5, 0.6) is 5.88 Å². The fourth-order valence-electron chi connectivity index (χ4n) is 1.61. The number of nitrogens with zero attached hydrogens (tertiary/aromatic N) is 2. The molecule has 0 saturated heterocycles. The molecular weight excluding hydrogens is 228 g/mol. The van der Waals surface area contributed by atoms with E-state index in [9.17, 15) is 0 Å². The van der Waals surface area contributed by atoms with Crippen LogP contribution < -0.4 is 15.8 Å². The van der Waals surface area contributed by atoms with Crippen molar-refractivity contribution in [2.24, 2.45) is 0 Å². The van der Waals surface area contributed by atoms with Crippen LogP contribution in [-0.2, 0) is 6.42 Å². The first-order valence-electron chi connectivity index (χ1n) is 6.80. The Labute approximate surface area is 108 Å². The maximum absolute atomic E-state index is 6.05. The highest BCUT2D eigenvalue weighted by atomic mass is 16.5. The van der Waals surface area contributed by atoms with Crippen molar-refractivity contribution in [2.75, 3.05) is 17.7 Å². The van der Waals surface area contributed by atoms with Gasteiger partial charge in [-0.1, -0.05) is 20.3 Å². The highest BCUT2D eigenvalue weighted by molar-refractivity contribution is 5.67. The summed E-state index contributed by atoms with van der Waals surface area (Å²) in [4.78, 5) is 8.79. The first-order valence-corrected chi connectivity index (χ1v) is 6.80. The molecule has 1 heterocycles. The van der Waals surface area contributed by atoms with Gasteiger partial charge in [0.25, 0.3) is 0 Å². The standard InChI is InChI=1S/C13H22N4O/c1-3-5-8-18-13-11(14)12(15-9-6-7-9)16-10(4-2)17-13/h9H,3-8,14H2,1-2H3,(H,15,16,17). The van der Waals surface area contributed by atoms with Gasteiger partial charge in [-0.25, -0.2) is 4.98 Å². The Morgan fingerprint density at radius 2 is 2.11 bits per heavy atom. The molecular formula is C13H22N4O. The van der Waals surface area contributed by atoms with Crippen molar-refractivity contribution in [3.05, 3.63) is 5.82 Å². The van der Waals surface area contributed by atoms with Crippen LogP contribution in [0.1, 0.15) is 45.4 Å². The van der Waals surface area contributed by atoms with E-state index < -0.39 is 0 Å². The summed E-state index contributed by atoms with van der Waals surface area (Å²) in [6, 6.07) is 0.524. The molecule has 0 unspecified atom stereocenters. The van der Waals surface area contributed by atoms with E-state index in [2.05, 4.69) is 22.2 Å². The number of nitrogens with one attached hydrogen (secondary N) is 1. The summed E-state index contributed by atoms with van der Waals surface area (Å²) in [5.74, 6) is 2.04. The normalized spacial score (nSPS) is 14.6. The van der Waals surface area contributed by atoms with E-state index in [4.69, 9.17) is 10.5 Å². The molecule has 0 radical (unpaired) electrons. The fourth-order valence-corrected chi connectivity index (χ4v) is 1.61. The molecule has 0 spiro atoms. The number of hydrogen-bond donors (Lipinski definition) is 2. The second kappa shape index (κ2) is 5.89. The van der Waals surface area contributed by atoms with Gasteiger partial charge in [0.1, 0.15) is 11.5 Å². The molecule has 0 atom stereocenters. The van der Waals surface area contributed by atoms with Crippen LogP contribution in [0.2, 0.25) is 0 Å². The monoisotopic (exact) mass is 250 g/mol. The van der Waals surface area contributed by atoms with Crippen LogP contribution in [0.25, 0.3) is 0 Å². The van der Waals surface area contributed by atoms with Crippen molar-refractivity contribution in [2.45, 2.75) is 52.0 Å². The number of ether oxygens (including phenoxy) is 1. The number of rotatable bonds is 7. The van der Waals surface area contributed by atoms with E-state index in [0.29, 0.717) is 24.2 Å². The van der Waals surface area contributed by atoms with Crippen LogP contribution in [0.4, 0.5) is 11.5 Å². The minimum Gasteiger partial charge on any atom is -0.476 e. The van der Waals surface area contributed by atoms with Gasteiger partial charge >= 0.3 is 0 Å². The molecule has 1 aliphatic carbocycles. The molecule has 1 aromatic rings. The van der Waals surface area contributed by atoms with Crippen LogP contribution in [0.15, 0.2) is 0 Å². The van der Waals surface area contributed by atoms with Crippen molar-refractivity contribution >= 4 is 11.5 Å². The van der Waals surface area contributed by atoms with Crippen molar-refractivity contribution in [3.8, 4) is 5.88 Å². The second-order valence-electron chi connectivity index (χ2n) is 4.68. The van der Waals surface area contributed by atoms with Crippen LogP contribution in [0, 0.1) is 0 Å². The third-order valence-electron chi connectivity index (χ3n) is 2.93. The van der Waals surface area contributed by atoms with E-state index in [1.54, 1.807) is 0 Å². The summed E-state index contributed by atoms with van der Waals surface area (Å²) in [6.45, 7) is 4.82. The van der Waals surface area contributed by atoms with Crippen molar-refractivity contribution < 1.29 is 4.74 Å². The minimum absolute atomic E-state index is 0.524. The molecule has 100 valence electrons. The highest BCUT2D eigenvalue weighted by Crippen LogP contribution is 2.31. The Morgan fingerprint density at radius 3 is 2.72 bits per heavy atom. The van der Waals surface area contributed by atoms with Crippen molar-refractivity contribution in [3.63, 3.8) is 0 Å². The number of unbranched alkanes of at least 4 members (excludes halogenated alkanes) is 1. The Kier molecular flexibility index (Phi) is 4.23. The van der Waals surface area contributed by atoms with Crippen LogP contribution in [-0.4, -0.2) is 22.6 Å². The number of anilines is 2. The molecule has 2 rings (SSSR count). The molecule has 1 saturated carbocycles. The number of nitrogens with two attached hydrogens (primary N) is 1. The van der Waals surface area contributed by atoms with Gasteiger partial charge in [-0.15, -0.1) is 0 Å². The summed E-state index contributed by atoms with van der Waals surface area (Å²) in [5, 5.41) is 3.33. The summed E-state index contributed by atoms with van der Waals surface area (Å²) in [5.41, 5.74) is 6.59. The van der Waals surface area contributed by atoms with Crippen LogP contribution in [0.3, 0.4) is 0 Å². The van der Waals surface area contributed by atoms with E-state index in [1.807, 2.05) is 6.92 Å². The Hall–Kier alpha value is -1.52. The molecule has 0 aliphatic heterocycles. The quantitative estimate of drug-likeness (QED) is 0.727. The van der Waals surface area contributed by atoms with Gasteiger partial charge in [0, 0.05) is 12.5 Å². The maximum Gasteiger partial charge on any atom is 0.242 e. The first-order chi connectivity index (χ1) is 8.74. The topological polar surface area (TPSA) is 73.1 Å². The minimum atomic E-state index is 0.524. The van der Waals surface area contributed by atoms with Gasteiger partial charge < -0.3 is 15.8 Å². The van der Waals surface area contributed by atoms with Gasteiger partial charge in [-0.3, -0.25) is 0 Å². The van der Waals surface area contributed by atoms with E-state index >= 15 is 0 Å². The Bertz CT molecular complexity index is 404. The summed E-state index contributed by atoms with van der Waals surface area (Å²) in [7, 11) is 0. The van der Waals surface area contributed by atoms with E-state index in [-0.39, 0.29) is 0 Å². The van der Waals surface area contributed by atoms with Gasteiger partial charge in [-0.2, -0.15) is 4.98 Å². The molecule has 5 heteroatoms. The Morgan fingerprint density at radius 1 is 1.33 bits per heavy atom. The van der Waals surface area contributed by atoms with Crippen molar-refractivity contribution in [1.82, 2.24) is 9.97 Å². The predicted molar refractivity (Wildman–Crippen MR) is 72.9 cm³/mol. The molecule has 0 amide bonds. The number of aryl methyl sites for hydroxylation is 1. The zero-order valence-electron chi connectivity index (χ0n) is 11.2. The first kappa shape index (κ1) is 12.9. The van der Waals surface area contributed by atoms with Gasteiger partial charge in [0.15, 0.2) is 5.82 Å². The van der Waals surface area contributed by atoms with E-state index in [1.165, 1.54) is 12.8 Å². The number of hydrogen-bond acceptors (Lipinski definition) is 5. The lowest BCUT2D eigenvalue weighted by molar-refractivity contribution is 0.298. The molecule has 1 fully saturated rings. The molecule has 3 N–H and O–H groups in total. The lowest BCUT2D eigenvalue weighted by Gasteiger charge is -2.13. The molecule has 0 aromatic carbocycles. The summed E-state index contributed by atoms with van der Waals surface area (Å²) >= 11 is 0. The molecule has 1 aliphatic rings. The molecule has 0 bridgehead atoms. The maximum atomic E-state index is 6.05. The smallest absolute Gasteiger partial charge is 0.242 e. The van der Waals surface area contributed by atoms with E-state index in [0.717, 1.165) is 30.9 Å². The number of aromatic nitrogens is 2. The SMILES string of the molecule is CCCCOc1nc(CC)nc(NC2CC2)c1N. The second-order valence-corrected chi connectivity index (χ2v) is 4.68. The lowest BCUT2D eigenvalue weighted by atomic mass is 10.3. The zero-order chi connectivity index (χ0) is 13.0. The van der Waals surface area contributed by atoms with Crippen molar-refractivity contribution in [1.29, 1.82) is 0 Å². The molecule has 18 heavy (non-hydrogen) atoms. The zero-order valence-corrected chi connectivity index (χ0v) is 11.2. The Balaban J connectivity index is 2.14. The summed E-state index contributed by atoms with van der Waals surface area (Å²) in [6.07, 6.45) is 5.27. The van der Waals surface area contributed by atoms with Gasteiger partial charge in [0.2, 0.25) is 5.88 Å². The number of nitrogen functional groups attached to an aromatic ring is 1. The van der Waals surface area contributed by atoms with Gasteiger partial charge in [-0.05, 0) is 19.3 Å².